The monoisotopic (exact) mass is 721 g/mol. The van der Waals surface area contributed by atoms with E-state index in [1.807, 2.05) is 60.0 Å². The van der Waals surface area contributed by atoms with Gasteiger partial charge in [0, 0.05) is 37.2 Å². The number of hydrogen-bond acceptors (Lipinski definition) is 3. The van der Waals surface area contributed by atoms with Crippen LogP contribution < -0.4 is 5.19 Å². The van der Waals surface area contributed by atoms with Gasteiger partial charge in [-0.2, -0.15) is 11.3 Å². The second kappa shape index (κ2) is 12.5. The molecule has 0 bridgehead atoms. The summed E-state index contributed by atoms with van der Waals surface area (Å²) in [6.45, 7) is 11.7. The van der Waals surface area contributed by atoms with Crippen LogP contribution in [0.15, 0.2) is 97.3 Å². The van der Waals surface area contributed by atoms with Crippen molar-refractivity contribution < 1.29 is 20.1 Å². The molecule has 0 aliphatic carbocycles. The molecule has 199 valence electrons. The zero-order valence-electron chi connectivity index (χ0n) is 23.0. The van der Waals surface area contributed by atoms with Crippen LogP contribution in [-0.2, 0) is 20.1 Å². The number of aromatic nitrogens is 2. The molecule has 5 heteroatoms. The van der Waals surface area contributed by atoms with Crippen LogP contribution in [0.1, 0.15) is 25.3 Å². The summed E-state index contributed by atoms with van der Waals surface area (Å²) in [4.78, 5) is 8.89. The second-order valence-electron chi connectivity index (χ2n) is 10.7. The molecule has 3 heterocycles. The third kappa shape index (κ3) is 6.45. The Labute approximate surface area is 250 Å². The Kier molecular flexibility index (Phi) is 9.29. The van der Waals surface area contributed by atoms with E-state index in [0.717, 1.165) is 22.5 Å². The molecule has 6 rings (SSSR count). The van der Waals surface area contributed by atoms with Crippen LogP contribution in [0.5, 0.6) is 0 Å². The van der Waals surface area contributed by atoms with E-state index in [2.05, 4.69) is 98.1 Å². The average molecular weight is 721 g/mol. The van der Waals surface area contributed by atoms with Crippen molar-refractivity contribution in [1.29, 1.82) is 0 Å². The average Bonchev–Trinajstić information content (AvgIpc) is 3.33. The minimum Gasteiger partial charge on any atom is -0.305 e. The summed E-state index contributed by atoms with van der Waals surface area (Å²) in [5.74, 6) is 0.497. The van der Waals surface area contributed by atoms with Crippen molar-refractivity contribution in [2.45, 2.75) is 39.4 Å². The number of nitrogens with zero attached hydrogens (tertiary/aromatic N) is 2. The van der Waals surface area contributed by atoms with Crippen molar-refractivity contribution in [2.24, 2.45) is 0 Å². The molecule has 0 spiro atoms. The predicted molar refractivity (Wildman–Crippen MR) is 167 cm³/mol. The van der Waals surface area contributed by atoms with Gasteiger partial charge in [-0.25, -0.2) is 0 Å². The number of benzene rings is 3. The van der Waals surface area contributed by atoms with Gasteiger partial charge in [0.1, 0.15) is 0 Å². The van der Waals surface area contributed by atoms with Gasteiger partial charge in [0.15, 0.2) is 0 Å². The standard InChI is InChI=1S/C23H24NSSi.C11H8N.Ir/c1-15(2)16-12-13-24-19(14-16)17-8-6-9-18-22-20(25-23(17)18)10-7-11-21(22)26(3,4)5;1-2-6-10(7-3-1)11-8-4-5-9-12-11;/h6-7,9-15H,1-5H3;1-6,8-9H;/q2*-1;. The first-order valence-electron chi connectivity index (χ1n) is 13.0. The maximum absolute atomic E-state index is 4.67. The van der Waals surface area contributed by atoms with Gasteiger partial charge in [0.05, 0.1) is 8.07 Å². The molecule has 6 aromatic rings. The third-order valence-electron chi connectivity index (χ3n) is 6.62. The summed E-state index contributed by atoms with van der Waals surface area (Å²) in [7, 11) is -1.42. The Morgan fingerprint density at radius 1 is 0.769 bits per heavy atom. The summed E-state index contributed by atoms with van der Waals surface area (Å²) < 4.78 is 2.68. The van der Waals surface area contributed by atoms with Crippen molar-refractivity contribution in [3.8, 4) is 22.5 Å². The van der Waals surface area contributed by atoms with E-state index in [4.69, 9.17) is 0 Å². The number of pyridine rings is 2. The summed E-state index contributed by atoms with van der Waals surface area (Å²) in [6, 6.07) is 35.7. The first-order valence-corrected chi connectivity index (χ1v) is 17.4. The SMILES string of the molecule is CC(C)c1ccnc(-c2[c-]ccc3c2sc2cccc([Si](C)(C)C)c23)c1.[Ir].[c-]1ccccc1-c1ccccn1. The molecule has 0 aliphatic rings. The quantitative estimate of drug-likeness (QED) is 0.134. The molecule has 0 amide bonds. The van der Waals surface area contributed by atoms with Gasteiger partial charge < -0.3 is 9.97 Å². The Balaban J connectivity index is 0.000000228. The van der Waals surface area contributed by atoms with E-state index in [1.54, 1.807) is 11.4 Å². The molecule has 0 aliphatic heterocycles. The first kappa shape index (κ1) is 29.0. The zero-order chi connectivity index (χ0) is 26.7. The fourth-order valence-corrected chi connectivity index (χ4v) is 7.56. The van der Waals surface area contributed by atoms with Crippen LogP contribution in [0.25, 0.3) is 42.7 Å². The van der Waals surface area contributed by atoms with Gasteiger partial charge in [-0.05, 0) is 45.6 Å². The minimum absolute atomic E-state index is 0. The molecule has 39 heavy (non-hydrogen) atoms. The topological polar surface area (TPSA) is 25.8 Å². The van der Waals surface area contributed by atoms with Crippen molar-refractivity contribution in [3.63, 3.8) is 0 Å². The smallest absolute Gasteiger partial charge is 0.0783 e. The molecule has 0 fully saturated rings. The van der Waals surface area contributed by atoms with E-state index < -0.39 is 8.07 Å². The van der Waals surface area contributed by atoms with Gasteiger partial charge in [-0.15, -0.1) is 59.7 Å². The van der Waals surface area contributed by atoms with Gasteiger partial charge in [0.2, 0.25) is 0 Å². The summed E-state index contributed by atoms with van der Waals surface area (Å²) in [6.07, 6.45) is 3.72. The predicted octanol–water partition coefficient (Wildman–Crippen LogP) is 9.13. The molecule has 0 unspecified atom stereocenters. The van der Waals surface area contributed by atoms with E-state index >= 15 is 0 Å². The maximum Gasteiger partial charge on any atom is 0.0783 e. The molecule has 0 atom stereocenters. The molecule has 0 N–H and O–H groups in total. The van der Waals surface area contributed by atoms with Gasteiger partial charge in [0.25, 0.3) is 0 Å². The van der Waals surface area contributed by atoms with Gasteiger partial charge in [-0.3, -0.25) is 0 Å². The Hall–Kier alpha value is -2.95. The van der Waals surface area contributed by atoms with Crippen LogP contribution in [0.2, 0.25) is 19.6 Å². The van der Waals surface area contributed by atoms with Crippen LogP contribution in [0.4, 0.5) is 0 Å². The number of hydrogen-bond donors (Lipinski definition) is 0. The van der Waals surface area contributed by atoms with Gasteiger partial charge >= 0.3 is 0 Å². The molecule has 0 saturated heterocycles. The fraction of sp³-hybridized carbons (Fsp3) is 0.176. The van der Waals surface area contributed by atoms with Gasteiger partial charge in [-0.1, -0.05) is 80.0 Å². The Morgan fingerprint density at radius 3 is 2.26 bits per heavy atom. The van der Waals surface area contributed by atoms with E-state index in [-0.39, 0.29) is 20.1 Å². The van der Waals surface area contributed by atoms with Crippen molar-refractivity contribution in [2.75, 3.05) is 0 Å². The van der Waals surface area contributed by atoms with Crippen molar-refractivity contribution in [1.82, 2.24) is 9.97 Å². The molecular weight excluding hydrogens is 689 g/mol. The van der Waals surface area contributed by atoms with E-state index in [0.29, 0.717) is 5.92 Å². The third-order valence-corrected chi connectivity index (χ3v) is 9.84. The first-order chi connectivity index (χ1) is 18.3. The second-order valence-corrected chi connectivity index (χ2v) is 16.8. The molecular formula is C34H32IrN2SSi-2. The van der Waals surface area contributed by atoms with Crippen LogP contribution in [0, 0.1) is 12.1 Å². The fourth-order valence-electron chi connectivity index (χ4n) is 4.62. The molecule has 3 aromatic heterocycles. The normalized spacial score (nSPS) is 11.2. The summed E-state index contributed by atoms with van der Waals surface area (Å²) >= 11 is 1.88. The van der Waals surface area contributed by atoms with E-state index in [1.165, 1.54) is 25.7 Å². The molecule has 0 saturated carbocycles. The summed E-state index contributed by atoms with van der Waals surface area (Å²) in [5, 5.41) is 4.35. The Bertz CT molecular complexity index is 1640. The molecule has 3 aromatic carbocycles. The van der Waals surface area contributed by atoms with Crippen LogP contribution in [-0.4, -0.2) is 18.0 Å². The number of thiophene rings is 1. The molecule has 2 nitrogen and oxygen atoms in total. The number of rotatable bonds is 4. The maximum atomic E-state index is 4.67. The van der Waals surface area contributed by atoms with E-state index in [9.17, 15) is 0 Å². The number of fused-ring (bicyclic) bond motifs is 3. The molecule has 1 radical (unpaired) electrons. The van der Waals surface area contributed by atoms with Crippen LogP contribution in [0.3, 0.4) is 0 Å². The summed E-state index contributed by atoms with van der Waals surface area (Å²) in [5.41, 5.74) is 5.50. The largest absolute Gasteiger partial charge is 0.305 e. The Morgan fingerprint density at radius 2 is 1.56 bits per heavy atom. The van der Waals surface area contributed by atoms with Crippen LogP contribution >= 0.6 is 11.3 Å². The van der Waals surface area contributed by atoms with Crippen molar-refractivity contribution >= 4 is 44.8 Å². The zero-order valence-corrected chi connectivity index (χ0v) is 27.2. The van der Waals surface area contributed by atoms with Crippen molar-refractivity contribution in [3.05, 3.63) is 115 Å². The minimum atomic E-state index is -1.42.